The number of nitrogens with zero attached hydrogens (tertiary/aromatic N) is 2. The molecule has 0 saturated heterocycles. The van der Waals surface area contributed by atoms with E-state index in [9.17, 15) is 18.0 Å². The van der Waals surface area contributed by atoms with Crippen molar-refractivity contribution in [2.75, 3.05) is 30.4 Å². The van der Waals surface area contributed by atoms with E-state index in [1.165, 1.54) is 43.1 Å². The molecule has 0 spiro atoms. The Kier molecular flexibility index (Phi) is 6.70. The fourth-order valence-corrected chi connectivity index (χ4v) is 3.69. The molecule has 0 saturated carbocycles. The molecule has 2 amide bonds. The fraction of sp³-hybridized carbons (Fsp3) is 0.263. The van der Waals surface area contributed by atoms with Crippen LogP contribution < -0.4 is 10.2 Å². The third kappa shape index (κ3) is 5.15. The second-order valence-electron chi connectivity index (χ2n) is 5.94. The van der Waals surface area contributed by atoms with Crippen molar-refractivity contribution in [3.8, 4) is 0 Å². The summed E-state index contributed by atoms with van der Waals surface area (Å²) in [5.74, 6) is -0.557. The largest absolute Gasteiger partial charge is 0.326 e. The molecule has 2 aromatic rings. The lowest BCUT2D eigenvalue weighted by atomic mass is 10.3. The van der Waals surface area contributed by atoms with Crippen molar-refractivity contribution in [1.82, 2.24) is 4.31 Å². The fourth-order valence-electron chi connectivity index (χ4n) is 2.57. The maximum atomic E-state index is 12.7. The number of amides is 2. The van der Waals surface area contributed by atoms with Crippen LogP contribution in [0.25, 0.3) is 0 Å². The van der Waals surface area contributed by atoms with E-state index in [-0.39, 0.29) is 23.3 Å². The van der Waals surface area contributed by atoms with Gasteiger partial charge in [0.2, 0.25) is 21.8 Å². The van der Waals surface area contributed by atoms with Crippen molar-refractivity contribution in [2.45, 2.75) is 18.7 Å². The molecule has 2 rings (SSSR count). The van der Waals surface area contributed by atoms with Gasteiger partial charge >= 0.3 is 0 Å². The molecule has 2 aromatic carbocycles. The predicted octanol–water partition coefficient (Wildman–Crippen LogP) is 2.32. The van der Waals surface area contributed by atoms with Crippen molar-refractivity contribution in [3.05, 3.63) is 54.6 Å². The van der Waals surface area contributed by atoms with Crippen molar-refractivity contribution in [1.29, 1.82) is 0 Å². The first kappa shape index (κ1) is 20.6. The van der Waals surface area contributed by atoms with E-state index in [4.69, 9.17) is 0 Å². The second kappa shape index (κ2) is 8.79. The number of para-hydroxylation sites is 1. The number of carbonyl (C=O) groups excluding carboxylic acids is 2. The van der Waals surface area contributed by atoms with Crippen LogP contribution in [0.4, 0.5) is 11.4 Å². The summed E-state index contributed by atoms with van der Waals surface area (Å²) >= 11 is 0. The third-order valence-electron chi connectivity index (χ3n) is 3.93. The van der Waals surface area contributed by atoms with E-state index in [1.807, 2.05) is 25.1 Å². The van der Waals surface area contributed by atoms with Gasteiger partial charge in [-0.2, -0.15) is 4.31 Å². The van der Waals surface area contributed by atoms with Crippen LogP contribution in [-0.2, 0) is 19.6 Å². The zero-order valence-electron chi connectivity index (χ0n) is 15.5. The SMILES string of the molecule is CCN(C(=O)CN(C)S(=O)(=O)c1ccc(NC(C)=O)cc1)c1ccccc1. The molecule has 8 heteroatoms. The van der Waals surface area contributed by atoms with Crippen molar-refractivity contribution >= 4 is 33.2 Å². The number of benzene rings is 2. The molecular weight excluding hydrogens is 366 g/mol. The predicted molar refractivity (Wildman–Crippen MR) is 105 cm³/mol. The molecular formula is C19H23N3O4S. The highest BCUT2D eigenvalue weighted by molar-refractivity contribution is 7.89. The van der Waals surface area contributed by atoms with E-state index >= 15 is 0 Å². The highest BCUT2D eigenvalue weighted by Gasteiger charge is 2.25. The lowest BCUT2D eigenvalue weighted by molar-refractivity contribution is -0.118. The summed E-state index contributed by atoms with van der Waals surface area (Å²) in [5.41, 5.74) is 1.22. The van der Waals surface area contributed by atoms with Crippen LogP contribution >= 0.6 is 0 Å². The molecule has 1 N–H and O–H groups in total. The van der Waals surface area contributed by atoms with Crippen molar-refractivity contribution in [2.24, 2.45) is 0 Å². The van der Waals surface area contributed by atoms with Crippen LogP contribution in [0.1, 0.15) is 13.8 Å². The highest BCUT2D eigenvalue weighted by atomic mass is 32.2. The summed E-state index contributed by atoms with van der Waals surface area (Å²) in [6.07, 6.45) is 0. The van der Waals surface area contributed by atoms with E-state index < -0.39 is 10.0 Å². The first-order chi connectivity index (χ1) is 12.8. The van der Waals surface area contributed by atoms with Gasteiger partial charge in [-0.15, -0.1) is 0 Å². The van der Waals surface area contributed by atoms with Gasteiger partial charge in [0.05, 0.1) is 11.4 Å². The number of anilines is 2. The standard InChI is InChI=1S/C19H23N3O4S/c1-4-22(17-8-6-5-7-9-17)19(24)14-21(3)27(25,26)18-12-10-16(11-13-18)20-15(2)23/h5-13H,4,14H2,1-3H3,(H,20,23). The molecule has 0 aromatic heterocycles. The van der Waals surface area contributed by atoms with Gasteiger partial charge in [-0.05, 0) is 43.3 Å². The van der Waals surface area contributed by atoms with Crippen LogP contribution in [0.3, 0.4) is 0 Å². The zero-order chi connectivity index (χ0) is 20.0. The number of nitrogens with one attached hydrogen (secondary N) is 1. The first-order valence-corrected chi connectivity index (χ1v) is 9.89. The summed E-state index contributed by atoms with van der Waals surface area (Å²) < 4.78 is 26.5. The molecule has 0 unspecified atom stereocenters. The Bertz CT molecular complexity index is 896. The molecule has 0 heterocycles. The average molecular weight is 389 g/mol. The molecule has 0 aliphatic rings. The van der Waals surface area contributed by atoms with Gasteiger partial charge in [-0.25, -0.2) is 8.42 Å². The Morgan fingerprint density at radius 3 is 2.11 bits per heavy atom. The van der Waals surface area contributed by atoms with E-state index in [0.29, 0.717) is 12.2 Å². The van der Waals surface area contributed by atoms with Crippen molar-refractivity contribution < 1.29 is 18.0 Å². The number of likely N-dealkylation sites (N-methyl/N-ethyl adjacent to an activating group) is 2. The monoisotopic (exact) mass is 389 g/mol. The molecule has 0 bridgehead atoms. The minimum Gasteiger partial charge on any atom is -0.326 e. The topological polar surface area (TPSA) is 86.8 Å². The van der Waals surface area contributed by atoms with E-state index in [1.54, 1.807) is 12.1 Å². The van der Waals surface area contributed by atoms with Gasteiger partial charge in [0.1, 0.15) is 0 Å². The highest BCUT2D eigenvalue weighted by Crippen LogP contribution is 2.19. The Balaban J connectivity index is 2.14. The molecule has 144 valence electrons. The van der Waals surface area contributed by atoms with E-state index in [0.717, 1.165) is 9.99 Å². The summed E-state index contributed by atoms with van der Waals surface area (Å²) in [6, 6.07) is 14.9. The van der Waals surface area contributed by atoms with Crippen LogP contribution in [0.2, 0.25) is 0 Å². The number of sulfonamides is 1. The summed E-state index contributed by atoms with van der Waals surface area (Å²) in [7, 11) is -2.46. The maximum absolute atomic E-state index is 12.7. The number of carbonyl (C=O) groups is 2. The maximum Gasteiger partial charge on any atom is 0.243 e. The van der Waals surface area contributed by atoms with Gasteiger partial charge in [-0.3, -0.25) is 9.59 Å². The molecule has 0 radical (unpaired) electrons. The van der Waals surface area contributed by atoms with Crippen molar-refractivity contribution in [3.63, 3.8) is 0 Å². The first-order valence-electron chi connectivity index (χ1n) is 8.45. The van der Waals surface area contributed by atoms with Gasteiger partial charge < -0.3 is 10.2 Å². The Morgan fingerprint density at radius 2 is 1.59 bits per heavy atom. The Hall–Kier alpha value is -2.71. The quantitative estimate of drug-likeness (QED) is 0.787. The Morgan fingerprint density at radius 1 is 1.00 bits per heavy atom. The smallest absolute Gasteiger partial charge is 0.243 e. The summed E-state index contributed by atoms with van der Waals surface area (Å²) in [4.78, 5) is 25.2. The molecule has 0 fully saturated rings. The minimum atomic E-state index is -3.83. The van der Waals surface area contributed by atoms with Crippen LogP contribution in [0.5, 0.6) is 0 Å². The third-order valence-corrected chi connectivity index (χ3v) is 5.74. The van der Waals surface area contributed by atoms with Crippen LogP contribution in [-0.4, -0.2) is 44.7 Å². The van der Waals surface area contributed by atoms with Crippen LogP contribution in [0.15, 0.2) is 59.5 Å². The lowest BCUT2D eigenvalue weighted by Crippen LogP contribution is -2.41. The van der Waals surface area contributed by atoms with Gasteiger partial charge in [0, 0.05) is 31.9 Å². The number of hydrogen-bond donors (Lipinski definition) is 1. The lowest BCUT2D eigenvalue weighted by Gasteiger charge is -2.24. The van der Waals surface area contributed by atoms with Gasteiger partial charge in [-0.1, -0.05) is 18.2 Å². The number of rotatable bonds is 7. The zero-order valence-corrected chi connectivity index (χ0v) is 16.4. The van der Waals surface area contributed by atoms with E-state index in [2.05, 4.69) is 5.32 Å². The molecule has 27 heavy (non-hydrogen) atoms. The Labute approximate surface area is 159 Å². The molecule has 0 aliphatic carbocycles. The van der Waals surface area contributed by atoms with Gasteiger partial charge in [0.25, 0.3) is 0 Å². The molecule has 0 aliphatic heterocycles. The normalized spacial score (nSPS) is 11.3. The average Bonchev–Trinajstić information content (AvgIpc) is 2.63. The molecule has 0 atom stereocenters. The molecule has 7 nitrogen and oxygen atoms in total. The van der Waals surface area contributed by atoms with Crippen LogP contribution in [0, 0.1) is 0 Å². The summed E-state index contributed by atoms with van der Waals surface area (Å²) in [5, 5.41) is 2.58. The number of hydrogen-bond acceptors (Lipinski definition) is 4. The summed E-state index contributed by atoms with van der Waals surface area (Å²) in [6.45, 7) is 3.36. The van der Waals surface area contributed by atoms with Gasteiger partial charge in [0.15, 0.2) is 0 Å². The second-order valence-corrected chi connectivity index (χ2v) is 7.99. The minimum absolute atomic E-state index is 0.0506.